The first-order valence-corrected chi connectivity index (χ1v) is 5.85. The maximum Gasteiger partial charge on any atom is 0.224 e. The lowest BCUT2D eigenvalue weighted by Crippen LogP contribution is -2.37. The SMILES string of the molecule is C=C(C)CC(=O)NC1CCSCC1. The Bertz CT molecular complexity index is 197. The van der Waals surface area contributed by atoms with Gasteiger partial charge in [0.15, 0.2) is 0 Å². The van der Waals surface area contributed by atoms with E-state index in [2.05, 4.69) is 11.9 Å². The lowest BCUT2D eigenvalue weighted by Gasteiger charge is -2.22. The van der Waals surface area contributed by atoms with Crippen molar-refractivity contribution < 1.29 is 4.79 Å². The molecule has 74 valence electrons. The Labute approximate surface area is 84.2 Å². The van der Waals surface area contributed by atoms with Gasteiger partial charge in [0.1, 0.15) is 0 Å². The molecule has 1 saturated heterocycles. The van der Waals surface area contributed by atoms with Gasteiger partial charge in [-0.3, -0.25) is 4.79 Å². The fraction of sp³-hybridized carbons (Fsp3) is 0.700. The van der Waals surface area contributed by atoms with Crippen LogP contribution in [-0.4, -0.2) is 23.5 Å². The van der Waals surface area contributed by atoms with Crippen LogP contribution in [0, 0.1) is 0 Å². The highest BCUT2D eigenvalue weighted by Gasteiger charge is 2.15. The molecule has 1 heterocycles. The largest absolute Gasteiger partial charge is 0.353 e. The molecule has 0 aliphatic carbocycles. The molecule has 0 aromatic rings. The molecule has 13 heavy (non-hydrogen) atoms. The third-order valence-corrected chi connectivity index (χ3v) is 3.10. The maximum atomic E-state index is 11.3. The van der Waals surface area contributed by atoms with Gasteiger partial charge >= 0.3 is 0 Å². The molecule has 2 nitrogen and oxygen atoms in total. The zero-order valence-corrected chi connectivity index (χ0v) is 8.95. The van der Waals surface area contributed by atoms with E-state index >= 15 is 0 Å². The smallest absolute Gasteiger partial charge is 0.224 e. The highest BCUT2D eigenvalue weighted by atomic mass is 32.2. The van der Waals surface area contributed by atoms with Crippen molar-refractivity contribution in [3.05, 3.63) is 12.2 Å². The second-order valence-electron chi connectivity index (χ2n) is 3.59. The summed E-state index contributed by atoms with van der Waals surface area (Å²) in [5.41, 5.74) is 0.933. The van der Waals surface area contributed by atoms with Crippen LogP contribution in [0.2, 0.25) is 0 Å². The first-order valence-electron chi connectivity index (χ1n) is 4.70. The molecule has 3 heteroatoms. The molecule has 0 aromatic carbocycles. The van der Waals surface area contributed by atoms with Crippen LogP contribution in [0.1, 0.15) is 26.2 Å². The van der Waals surface area contributed by atoms with Crippen LogP contribution in [0.25, 0.3) is 0 Å². The summed E-state index contributed by atoms with van der Waals surface area (Å²) < 4.78 is 0. The fourth-order valence-corrected chi connectivity index (χ4v) is 2.50. The molecule has 0 spiro atoms. The lowest BCUT2D eigenvalue weighted by molar-refractivity contribution is -0.121. The van der Waals surface area contributed by atoms with E-state index in [1.165, 1.54) is 11.5 Å². The second-order valence-corrected chi connectivity index (χ2v) is 4.81. The number of hydrogen-bond acceptors (Lipinski definition) is 2. The van der Waals surface area contributed by atoms with Crippen molar-refractivity contribution in [3.8, 4) is 0 Å². The number of nitrogens with one attached hydrogen (secondary N) is 1. The quantitative estimate of drug-likeness (QED) is 0.704. The number of carbonyl (C=O) groups excluding carboxylic acids is 1. The van der Waals surface area contributed by atoms with Gasteiger partial charge in [0.2, 0.25) is 5.91 Å². The van der Waals surface area contributed by atoms with Crippen LogP contribution in [0.15, 0.2) is 12.2 Å². The summed E-state index contributed by atoms with van der Waals surface area (Å²) in [4.78, 5) is 11.3. The van der Waals surface area contributed by atoms with Crippen molar-refractivity contribution in [2.45, 2.75) is 32.2 Å². The van der Waals surface area contributed by atoms with Crippen molar-refractivity contribution in [2.24, 2.45) is 0 Å². The van der Waals surface area contributed by atoms with Gasteiger partial charge in [0, 0.05) is 12.5 Å². The number of amides is 1. The molecule has 1 aliphatic rings. The minimum Gasteiger partial charge on any atom is -0.353 e. The Balaban J connectivity index is 2.22. The van der Waals surface area contributed by atoms with Crippen molar-refractivity contribution in [2.75, 3.05) is 11.5 Å². The van der Waals surface area contributed by atoms with Gasteiger partial charge in [-0.25, -0.2) is 0 Å². The van der Waals surface area contributed by atoms with Crippen molar-refractivity contribution in [1.82, 2.24) is 5.32 Å². The van der Waals surface area contributed by atoms with E-state index in [9.17, 15) is 4.79 Å². The average Bonchev–Trinajstić information content (AvgIpc) is 2.04. The maximum absolute atomic E-state index is 11.3. The summed E-state index contributed by atoms with van der Waals surface area (Å²) in [5.74, 6) is 2.49. The van der Waals surface area contributed by atoms with E-state index < -0.39 is 0 Å². The Morgan fingerprint density at radius 3 is 2.69 bits per heavy atom. The molecule has 0 atom stereocenters. The average molecular weight is 199 g/mol. The Kier molecular flexibility index (Phi) is 4.36. The van der Waals surface area contributed by atoms with Crippen LogP contribution < -0.4 is 5.32 Å². The first kappa shape index (κ1) is 10.6. The van der Waals surface area contributed by atoms with Crippen LogP contribution in [0.3, 0.4) is 0 Å². The van der Waals surface area contributed by atoms with Crippen LogP contribution in [0.5, 0.6) is 0 Å². The molecular weight excluding hydrogens is 182 g/mol. The summed E-state index contributed by atoms with van der Waals surface area (Å²) in [6.45, 7) is 5.61. The molecule has 1 aliphatic heterocycles. The van der Waals surface area contributed by atoms with E-state index in [-0.39, 0.29) is 5.91 Å². The summed E-state index contributed by atoms with van der Waals surface area (Å²) in [6.07, 6.45) is 2.71. The molecule has 1 amide bonds. The Morgan fingerprint density at radius 1 is 1.54 bits per heavy atom. The van der Waals surface area contributed by atoms with Gasteiger partial charge in [0.25, 0.3) is 0 Å². The molecule has 0 saturated carbocycles. The molecule has 1 N–H and O–H groups in total. The number of thioether (sulfide) groups is 1. The van der Waals surface area contributed by atoms with Crippen LogP contribution in [0.4, 0.5) is 0 Å². The predicted molar refractivity (Wildman–Crippen MR) is 57.9 cm³/mol. The molecule has 0 unspecified atom stereocenters. The minimum absolute atomic E-state index is 0.129. The number of carbonyl (C=O) groups is 1. The zero-order valence-electron chi connectivity index (χ0n) is 8.14. The van der Waals surface area contributed by atoms with Crippen molar-refractivity contribution in [1.29, 1.82) is 0 Å². The minimum atomic E-state index is 0.129. The third-order valence-electron chi connectivity index (χ3n) is 2.05. The standard InChI is InChI=1S/C10H17NOS/c1-8(2)7-10(12)11-9-3-5-13-6-4-9/h9H,1,3-7H2,2H3,(H,11,12). The van der Waals surface area contributed by atoms with E-state index in [4.69, 9.17) is 0 Å². The van der Waals surface area contributed by atoms with E-state index in [0.29, 0.717) is 12.5 Å². The molecule has 0 radical (unpaired) electrons. The second kappa shape index (κ2) is 5.32. The van der Waals surface area contributed by atoms with E-state index in [1.807, 2.05) is 18.7 Å². The topological polar surface area (TPSA) is 29.1 Å². The Hall–Kier alpha value is -0.440. The molecule has 1 fully saturated rings. The summed E-state index contributed by atoms with van der Waals surface area (Å²) in [7, 11) is 0. The number of rotatable bonds is 3. The predicted octanol–water partition coefficient (Wildman–Crippen LogP) is 1.96. The van der Waals surface area contributed by atoms with Crippen molar-refractivity contribution in [3.63, 3.8) is 0 Å². The first-order chi connectivity index (χ1) is 6.18. The van der Waals surface area contributed by atoms with Gasteiger partial charge in [-0.15, -0.1) is 0 Å². The summed E-state index contributed by atoms with van der Waals surface area (Å²) in [5, 5.41) is 3.04. The third kappa shape index (κ3) is 4.36. The molecule has 0 bridgehead atoms. The normalized spacial score (nSPS) is 18.2. The monoisotopic (exact) mass is 199 g/mol. The highest BCUT2D eigenvalue weighted by molar-refractivity contribution is 7.99. The molecular formula is C10H17NOS. The van der Waals surface area contributed by atoms with Gasteiger partial charge in [-0.2, -0.15) is 11.8 Å². The molecule has 1 rings (SSSR count). The summed E-state index contributed by atoms with van der Waals surface area (Å²) >= 11 is 1.97. The van der Waals surface area contributed by atoms with Gasteiger partial charge in [-0.05, 0) is 31.3 Å². The van der Waals surface area contributed by atoms with Crippen molar-refractivity contribution >= 4 is 17.7 Å². The number of hydrogen-bond donors (Lipinski definition) is 1. The lowest BCUT2D eigenvalue weighted by atomic mass is 10.1. The van der Waals surface area contributed by atoms with E-state index in [1.54, 1.807) is 0 Å². The zero-order chi connectivity index (χ0) is 9.68. The van der Waals surface area contributed by atoms with Gasteiger partial charge < -0.3 is 5.32 Å². The van der Waals surface area contributed by atoms with Gasteiger partial charge in [-0.1, -0.05) is 12.2 Å². The van der Waals surface area contributed by atoms with Crippen LogP contribution >= 0.6 is 11.8 Å². The van der Waals surface area contributed by atoms with Gasteiger partial charge in [0.05, 0.1) is 0 Å². The summed E-state index contributed by atoms with van der Waals surface area (Å²) in [6, 6.07) is 0.410. The van der Waals surface area contributed by atoms with Crippen LogP contribution in [-0.2, 0) is 4.79 Å². The van der Waals surface area contributed by atoms with E-state index in [0.717, 1.165) is 18.4 Å². The fourth-order valence-electron chi connectivity index (χ4n) is 1.39. The molecule has 0 aromatic heterocycles. The highest BCUT2D eigenvalue weighted by Crippen LogP contribution is 2.16. The Morgan fingerprint density at radius 2 is 2.15 bits per heavy atom.